The van der Waals surface area contributed by atoms with Gasteiger partial charge in [0.05, 0.1) is 24.5 Å². The van der Waals surface area contributed by atoms with Crippen molar-refractivity contribution in [1.82, 2.24) is 0 Å². The Morgan fingerprint density at radius 2 is 1.74 bits per heavy atom. The number of hydrogen-bond acceptors (Lipinski definition) is 5. The molecule has 0 saturated heterocycles. The van der Waals surface area contributed by atoms with E-state index in [2.05, 4.69) is 0 Å². The number of nitriles is 1. The number of sulfone groups is 1. The van der Waals surface area contributed by atoms with Crippen LogP contribution in [0.4, 0.5) is 0 Å². The minimum absolute atomic E-state index is 0.0297. The van der Waals surface area contributed by atoms with Crippen LogP contribution in [-0.2, 0) is 9.84 Å². The second-order valence-corrected chi connectivity index (χ2v) is 6.93. The Kier molecular flexibility index (Phi) is 5.14. The first-order valence-corrected chi connectivity index (χ1v) is 8.39. The highest BCUT2D eigenvalue weighted by Crippen LogP contribution is 2.22. The molecule has 1 unspecified atom stereocenters. The molecule has 5 nitrogen and oxygen atoms in total. The van der Waals surface area contributed by atoms with E-state index in [0.29, 0.717) is 5.75 Å². The van der Waals surface area contributed by atoms with E-state index in [9.17, 15) is 13.2 Å². The van der Waals surface area contributed by atoms with Crippen molar-refractivity contribution in [2.24, 2.45) is 0 Å². The van der Waals surface area contributed by atoms with E-state index in [0.717, 1.165) is 0 Å². The minimum Gasteiger partial charge on any atom is -0.497 e. The molecule has 6 heteroatoms. The Balaban J connectivity index is 2.41. The van der Waals surface area contributed by atoms with Gasteiger partial charge in [0.2, 0.25) is 0 Å². The van der Waals surface area contributed by atoms with Crippen LogP contribution in [0.2, 0.25) is 0 Å². The lowest BCUT2D eigenvalue weighted by molar-refractivity contribution is 0.0987. The van der Waals surface area contributed by atoms with E-state index in [4.69, 9.17) is 10.00 Å². The van der Waals surface area contributed by atoms with Gasteiger partial charge in [-0.2, -0.15) is 5.26 Å². The molecule has 2 aromatic carbocycles. The summed E-state index contributed by atoms with van der Waals surface area (Å²) in [6.07, 6.45) is -0.401. The summed E-state index contributed by atoms with van der Waals surface area (Å²) in [5.74, 6) is -0.0395. The maximum atomic E-state index is 12.7. The first-order valence-electron chi connectivity index (χ1n) is 6.85. The molecule has 1 atom stereocenters. The zero-order chi connectivity index (χ0) is 16.9. The predicted molar refractivity (Wildman–Crippen MR) is 85.0 cm³/mol. The smallest absolute Gasteiger partial charge is 0.189 e. The molecule has 0 aliphatic heterocycles. The Labute approximate surface area is 135 Å². The van der Waals surface area contributed by atoms with Crippen molar-refractivity contribution in [3.63, 3.8) is 0 Å². The molecule has 2 rings (SSSR count). The third kappa shape index (κ3) is 3.58. The van der Waals surface area contributed by atoms with Crippen LogP contribution in [0.15, 0.2) is 59.5 Å². The topological polar surface area (TPSA) is 84.2 Å². The SMILES string of the molecule is COc1ccc(C(=O)C(CC#N)S(=O)(=O)c2ccccc2)cc1. The van der Waals surface area contributed by atoms with Gasteiger partial charge in [-0.25, -0.2) is 8.42 Å². The summed E-state index contributed by atoms with van der Waals surface area (Å²) in [6.45, 7) is 0. The van der Waals surface area contributed by atoms with Crippen LogP contribution < -0.4 is 4.74 Å². The van der Waals surface area contributed by atoms with Gasteiger partial charge in [0.15, 0.2) is 15.6 Å². The van der Waals surface area contributed by atoms with Crippen molar-refractivity contribution in [1.29, 1.82) is 5.26 Å². The number of rotatable bonds is 6. The fourth-order valence-electron chi connectivity index (χ4n) is 2.14. The second kappa shape index (κ2) is 7.07. The van der Waals surface area contributed by atoms with E-state index in [1.54, 1.807) is 36.4 Å². The highest BCUT2D eigenvalue weighted by molar-refractivity contribution is 7.92. The average molecular weight is 329 g/mol. The summed E-state index contributed by atoms with van der Waals surface area (Å²) in [5, 5.41) is 7.51. The normalized spacial score (nSPS) is 12.2. The van der Waals surface area contributed by atoms with E-state index in [1.807, 2.05) is 0 Å². The van der Waals surface area contributed by atoms with Gasteiger partial charge < -0.3 is 4.74 Å². The van der Waals surface area contributed by atoms with Gasteiger partial charge in [0.1, 0.15) is 11.0 Å². The van der Waals surface area contributed by atoms with Gasteiger partial charge in [-0.1, -0.05) is 18.2 Å². The molecule has 0 aromatic heterocycles. The lowest BCUT2D eigenvalue weighted by Gasteiger charge is -2.14. The molecular formula is C17H15NO4S. The highest BCUT2D eigenvalue weighted by atomic mass is 32.2. The van der Waals surface area contributed by atoms with Crippen molar-refractivity contribution in [2.75, 3.05) is 7.11 Å². The van der Waals surface area contributed by atoms with Crippen molar-refractivity contribution in [3.05, 3.63) is 60.2 Å². The van der Waals surface area contributed by atoms with Crippen LogP contribution >= 0.6 is 0 Å². The lowest BCUT2D eigenvalue weighted by atomic mass is 10.1. The fraction of sp³-hybridized carbons (Fsp3) is 0.176. The molecule has 0 spiro atoms. The monoisotopic (exact) mass is 329 g/mol. The van der Waals surface area contributed by atoms with Crippen molar-refractivity contribution in [3.8, 4) is 11.8 Å². The summed E-state index contributed by atoms with van der Waals surface area (Å²) in [6, 6.07) is 15.6. The Bertz CT molecular complexity index is 821. The van der Waals surface area contributed by atoms with E-state index < -0.39 is 27.3 Å². The number of benzene rings is 2. The van der Waals surface area contributed by atoms with Crippen molar-refractivity contribution < 1.29 is 17.9 Å². The Morgan fingerprint density at radius 1 is 1.13 bits per heavy atom. The Morgan fingerprint density at radius 3 is 2.26 bits per heavy atom. The van der Waals surface area contributed by atoms with Gasteiger partial charge in [-0.05, 0) is 36.4 Å². The van der Waals surface area contributed by atoms with E-state index in [-0.39, 0.29) is 10.5 Å². The van der Waals surface area contributed by atoms with Gasteiger partial charge >= 0.3 is 0 Å². The number of carbonyl (C=O) groups excluding carboxylic acids is 1. The summed E-state index contributed by atoms with van der Waals surface area (Å²) < 4.78 is 30.3. The number of ether oxygens (including phenoxy) is 1. The maximum absolute atomic E-state index is 12.7. The van der Waals surface area contributed by atoms with Crippen molar-refractivity contribution >= 4 is 15.6 Å². The van der Waals surface area contributed by atoms with Crippen LogP contribution in [0.5, 0.6) is 5.75 Å². The minimum atomic E-state index is -3.93. The third-order valence-electron chi connectivity index (χ3n) is 3.39. The number of Topliss-reactive ketones (excluding diaryl/α,β-unsaturated/α-hetero) is 1. The van der Waals surface area contributed by atoms with Crippen LogP contribution in [0.3, 0.4) is 0 Å². The van der Waals surface area contributed by atoms with Gasteiger partial charge in [-0.15, -0.1) is 0 Å². The average Bonchev–Trinajstić information content (AvgIpc) is 2.60. The quantitative estimate of drug-likeness (QED) is 0.761. The molecule has 0 aliphatic rings. The molecule has 0 radical (unpaired) electrons. The summed E-state index contributed by atoms with van der Waals surface area (Å²) in [4.78, 5) is 12.6. The van der Waals surface area contributed by atoms with E-state index >= 15 is 0 Å². The molecule has 0 fully saturated rings. The Hall–Kier alpha value is -2.65. The molecule has 0 aliphatic carbocycles. The van der Waals surface area contributed by atoms with Gasteiger partial charge in [0, 0.05) is 5.56 Å². The maximum Gasteiger partial charge on any atom is 0.189 e. The molecule has 2 aromatic rings. The number of nitrogens with zero attached hydrogens (tertiary/aromatic N) is 1. The van der Waals surface area contributed by atoms with Gasteiger partial charge in [-0.3, -0.25) is 4.79 Å². The van der Waals surface area contributed by atoms with Crippen molar-refractivity contribution in [2.45, 2.75) is 16.6 Å². The number of carbonyl (C=O) groups is 1. The van der Waals surface area contributed by atoms with Crippen LogP contribution in [0.25, 0.3) is 0 Å². The molecule has 0 bridgehead atoms. The highest BCUT2D eigenvalue weighted by Gasteiger charge is 2.34. The first kappa shape index (κ1) is 16.7. The molecule has 0 saturated carbocycles. The van der Waals surface area contributed by atoms with E-state index in [1.165, 1.54) is 31.4 Å². The largest absolute Gasteiger partial charge is 0.497 e. The molecule has 0 N–H and O–H groups in total. The molecule has 0 heterocycles. The lowest BCUT2D eigenvalue weighted by Crippen LogP contribution is -2.30. The zero-order valence-corrected chi connectivity index (χ0v) is 13.3. The summed E-state index contributed by atoms with van der Waals surface area (Å²) in [7, 11) is -2.43. The number of hydrogen-bond donors (Lipinski definition) is 0. The number of ketones is 1. The molecular weight excluding hydrogens is 314 g/mol. The first-order chi connectivity index (χ1) is 11.0. The summed E-state index contributed by atoms with van der Waals surface area (Å²) >= 11 is 0. The molecule has 118 valence electrons. The van der Waals surface area contributed by atoms with Crippen LogP contribution in [0.1, 0.15) is 16.8 Å². The fourth-order valence-corrected chi connectivity index (χ4v) is 3.72. The standard InChI is InChI=1S/C17H15NO4S/c1-22-14-9-7-13(8-10-14)17(19)16(11-12-18)23(20,21)15-5-3-2-4-6-15/h2-10,16H,11H2,1H3. The van der Waals surface area contributed by atoms with Crippen LogP contribution in [-0.4, -0.2) is 26.6 Å². The predicted octanol–water partition coefficient (Wildman–Crippen LogP) is 2.63. The molecule has 0 amide bonds. The third-order valence-corrected chi connectivity index (χ3v) is 5.45. The zero-order valence-electron chi connectivity index (χ0n) is 12.5. The molecule has 23 heavy (non-hydrogen) atoms. The number of methoxy groups -OCH3 is 1. The second-order valence-electron chi connectivity index (χ2n) is 4.80. The van der Waals surface area contributed by atoms with Gasteiger partial charge in [0.25, 0.3) is 0 Å². The van der Waals surface area contributed by atoms with Crippen LogP contribution in [0, 0.1) is 11.3 Å². The summed E-state index contributed by atoms with van der Waals surface area (Å²) in [5.41, 5.74) is 0.227.